The Bertz CT molecular complexity index is 1140. The lowest BCUT2D eigenvalue weighted by Crippen LogP contribution is -2.44. The average molecular weight is 432 g/mol. The van der Waals surface area contributed by atoms with Crippen LogP contribution in [0.3, 0.4) is 0 Å². The van der Waals surface area contributed by atoms with Crippen molar-refractivity contribution < 1.29 is 18.0 Å². The van der Waals surface area contributed by atoms with Crippen LogP contribution in [0, 0.1) is 0 Å². The number of hydrogen-bond donors (Lipinski definition) is 3. The van der Waals surface area contributed by atoms with E-state index in [1.807, 2.05) is 24.3 Å². The minimum absolute atomic E-state index is 0.139. The molecule has 152 valence electrons. The monoisotopic (exact) mass is 431 g/mol. The first kappa shape index (κ1) is 20.8. The number of amides is 2. The van der Waals surface area contributed by atoms with Gasteiger partial charge in [-0.25, -0.2) is 8.42 Å². The highest BCUT2D eigenvalue weighted by molar-refractivity contribution is 7.94. The summed E-state index contributed by atoms with van der Waals surface area (Å²) in [5.74, 6) is -0.860. The first-order valence-electron chi connectivity index (χ1n) is 8.99. The molecular formula is C20H21N3O4S2. The van der Waals surface area contributed by atoms with Crippen molar-refractivity contribution in [3.05, 3.63) is 59.5 Å². The van der Waals surface area contributed by atoms with Gasteiger partial charge in [-0.3, -0.25) is 14.3 Å². The number of sulfonamides is 1. The molecule has 0 saturated carbocycles. The summed E-state index contributed by atoms with van der Waals surface area (Å²) in [7, 11) is -3.84. The molecule has 1 aromatic heterocycles. The minimum Gasteiger partial charge on any atom is -0.355 e. The lowest BCUT2D eigenvalue weighted by Gasteiger charge is -2.17. The maximum Gasteiger partial charge on any atom is 0.271 e. The number of carbonyl (C=O) groups is 2. The molecule has 3 rings (SSSR count). The number of fused-ring (bicyclic) bond motifs is 1. The molecule has 1 unspecified atom stereocenters. The Labute approximate surface area is 173 Å². The maximum atomic E-state index is 12.9. The normalized spacial score (nSPS) is 12.3. The molecule has 9 heteroatoms. The topological polar surface area (TPSA) is 104 Å². The van der Waals surface area contributed by atoms with Crippen LogP contribution >= 0.6 is 11.3 Å². The Kier molecular flexibility index (Phi) is 6.19. The number of likely N-dealkylation sites (N-methyl/N-ethyl adjacent to an activating group) is 1. The smallest absolute Gasteiger partial charge is 0.271 e. The van der Waals surface area contributed by atoms with E-state index in [9.17, 15) is 18.0 Å². The van der Waals surface area contributed by atoms with Gasteiger partial charge in [-0.2, -0.15) is 0 Å². The van der Waals surface area contributed by atoms with Crippen molar-refractivity contribution >= 4 is 49.6 Å². The average Bonchev–Trinajstić information content (AvgIpc) is 3.23. The summed E-state index contributed by atoms with van der Waals surface area (Å²) in [6, 6.07) is 12.9. The molecule has 0 aliphatic heterocycles. The first-order valence-corrected chi connectivity index (χ1v) is 11.4. The van der Waals surface area contributed by atoms with Gasteiger partial charge in [0.2, 0.25) is 5.91 Å². The fourth-order valence-electron chi connectivity index (χ4n) is 2.79. The fraction of sp³-hybridized carbons (Fsp3) is 0.200. The van der Waals surface area contributed by atoms with Gasteiger partial charge in [-0.15, -0.1) is 11.3 Å². The van der Waals surface area contributed by atoms with Gasteiger partial charge in [0.1, 0.15) is 10.3 Å². The Balaban J connectivity index is 1.99. The summed E-state index contributed by atoms with van der Waals surface area (Å²) in [5, 5.41) is 8.49. The van der Waals surface area contributed by atoms with Gasteiger partial charge in [-0.1, -0.05) is 30.3 Å². The molecule has 29 heavy (non-hydrogen) atoms. The van der Waals surface area contributed by atoms with Crippen LogP contribution in [0.15, 0.2) is 58.1 Å². The van der Waals surface area contributed by atoms with Gasteiger partial charge >= 0.3 is 0 Å². The van der Waals surface area contributed by atoms with Crippen molar-refractivity contribution in [1.29, 1.82) is 0 Å². The van der Waals surface area contributed by atoms with Gasteiger partial charge in [-0.05, 0) is 48.2 Å². The van der Waals surface area contributed by atoms with E-state index in [2.05, 4.69) is 15.4 Å². The second kappa shape index (κ2) is 8.62. The molecule has 2 amide bonds. The van der Waals surface area contributed by atoms with E-state index >= 15 is 0 Å². The van der Waals surface area contributed by atoms with E-state index in [1.165, 1.54) is 6.07 Å². The highest BCUT2D eigenvalue weighted by Gasteiger charge is 2.22. The SMILES string of the molecule is CCNC(=O)C(C)NC(=O)c1cc2ccccc2cc1NS(=O)(=O)c1cccs1. The number of thiophene rings is 1. The van der Waals surface area contributed by atoms with Gasteiger partial charge < -0.3 is 10.6 Å². The van der Waals surface area contributed by atoms with E-state index in [-0.39, 0.29) is 21.4 Å². The summed E-state index contributed by atoms with van der Waals surface area (Å²) in [4.78, 5) is 24.8. The van der Waals surface area contributed by atoms with Crippen molar-refractivity contribution in [2.75, 3.05) is 11.3 Å². The molecule has 0 radical (unpaired) electrons. The maximum absolute atomic E-state index is 12.9. The summed E-state index contributed by atoms with van der Waals surface area (Å²) >= 11 is 1.08. The largest absolute Gasteiger partial charge is 0.355 e. The van der Waals surface area contributed by atoms with Crippen molar-refractivity contribution in [2.45, 2.75) is 24.1 Å². The van der Waals surface area contributed by atoms with Crippen molar-refractivity contribution in [3.8, 4) is 0 Å². The molecule has 7 nitrogen and oxygen atoms in total. The molecule has 0 aliphatic rings. The van der Waals surface area contributed by atoms with Gasteiger partial charge in [0.05, 0.1) is 11.3 Å². The molecule has 3 N–H and O–H groups in total. The molecular weight excluding hydrogens is 410 g/mol. The standard InChI is InChI=1S/C20H21N3O4S2/c1-3-21-19(24)13(2)22-20(25)16-11-14-7-4-5-8-15(14)12-17(16)23-29(26,27)18-9-6-10-28-18/h4-13,23H,3H2,1-2H3,(H,21,24)(H,22,25). The summed E-state index contributed by atoms with van der Waals surface area (Å²) in [5.41, 5.74) is 0.290. The van der Waals surface area contributed by atoms with Crippen LogP contribution in [0.4, 0.5) is 5.69 Å². The number of carbonyl (C=O) groups excluding carboxylic acids is 2. The molecule has 0 bridgehead atoms. The van der Waals surface area contributed by atoms with Crippen LogP contribution in [0.25, 0.3) is 10.8 Å². The molecule has 0 fully saturated rings. The third-order valence-corrected chi connectivity index (χ3v) is 6.99. The van der Waals surface area contributed by atoms with Crippen molar-refractivity contribution in [1.82, 2.24) is 10.6 Å². The Morgan fingerprint density at radius 1 is 1.07 bits per heavy atom. The van der Waals surface area contributed by atoms with Crippen molar-refractivity contribution in [2.24, 2.45) is 0 Å². The zero-order chi connectivity index (χ0) is 21.0. The molecule has 1 heterocycles. The quantitative estimate of drug-likeness (QED) is 0.535. The predicted molar refractivity (Wildman–Crippen MR) is 115 cm³/mol. The van der Waals surface area contributed by atoms with Gasteiger partial charge in [0.25, 0.3) is 15.9 Å². The van der Waals surface area contributed by atoms with E-state index in [0.29, 0.717) is 6.54 Å². The molecule has 2 aromatic carbocycles. The second-order valence-electron chi connectivity index (χ2n) is 6.37. The third-order valence-electron chi connectivity index (χ3n) is 4.23. The summed E-state index contributed by atoms with van der Waals surface area (Å²) in [6.45, 7) is 3.80. The Morgan fingerprint density at radius 3 is 2.38 bits per heavy atom. The summed E-state index contributed by atoms with van der Waals surface area (Å²) in [6.07, 6.45) is 0. The van der Waals surface area contributed by atoms with Gasteiger partial charge in [0, 0.05) is 6.54 Å². The second-order valence-corrected chi connectivity index (χ2v) is 9.23. The van der Waals surface area contributed by atoms with Crippen LogP contribution in [-0.4, -0.2) is 32.8 Å². The number of hydrogen-bond acceptors (Lipinski definition) is 5. The fourth-order valence-corrected chi connectivity index (χ4v) is 4.85. The van der Waals surface area contributed by atoms with Crippen LogP contribution in [-0.2, 0) is 14.8 Å². The Morgan fingerprint density at radius 2 is 1.76 bits per heavy atom. The summed E-state index contributed by atoms with van der Waals surface area (Å²) < 4.78 is 28.0. The van der Waals surface area contributed by atoms with Gasteiger partial charge in [0.15, 0.2) is 0 Å². The third kappa shape index (κ3) is 4.75. The predicted octanol–water partition coefficient (Wildman–Crippen LogP) is 2.96. The lowest BCUT2D eigenvalue weighted by molar-refractivity contribution is -0.122. The van der Waals surface area contributed by atoms with E-state index < -0.39 is 22.0 Å². The number of benzene rings is 2. The zero-order valence-corrected chi connectivity index (χ0v) is 17.6. The van der Waals surface area contributed by atoms with Crippen LogP contribution in [0.2, 0.25) is 0 Å². The number of anilines is 1. The van der Waals surface area contributed by atoms with E-state index in [1.54, 1.807) is 37.4 Å². The number of rotatable bonds is 7. The Hall–Kier alpha value is -2.91. The van der Waals surface area contributed by atoms with Crippen molar-refractivity contribution in [3.63, 3.8) is 0 Å². The molecule has 0 aliphatic carbocycles. The first-order chi connectivity index (χ1) is 13.8. The lowest BCUT2D eigenvalue weighted by atomic mass is 10.0. The number of nitrogens with one attached hydrogen (secondary N) is 3. The highest BCUT2D eigenvalue weighted by atomic mass is 32.2. The van der Waals surface area contributed by atoms with E-state index in [4.69, 9.17) is 0 Å². The van der Waals surface area contributed by atoms with E-state index in [0.717, 1.165) is 22.1 Å². The van der Waals surface area contributed by atoms with Crippen LogP contribution in [0.1, 0.15) is 24.2 Å². The minimum atomic E-state index is -3.84. The molecule has 3 aromatic rings. The van der Waals surface area contributed by atoms with Crippen LogP contribution < -0.4 is 15.4 Å². The zero-order valence-electron chi connectivity index (χ0n) is 15.9. The molecule has 1 atom stereocenters. The van der Waals surface area contributed by atoms with Crippen LogP contribution in [0.5, 0.6) is 0 Å². The molecule has 0 spiro atoms. The molecule has 0 saturated heterocycles. The highest BCUT2D eigenvalue weighted by Crippen LogP contribution is 2.27.